The highest BCUT2D eigenvalue weighted by Gasteiger charge is 2.08. The molecule has 0 aromatic heterocycles. The molecule has 5 nitrogen and oxygen atoms in total. The maximum absolute atomic E-state index is 12.0. The maximum Gasteiger partial charge on any atom is 0.253 e. The highest BCUT2D eigenvalue weighted by molar-refractivity contribution is 14.0. The summed E-state index contributed by atoms with van der Waals surface area (Å²) in [4.78, 5) is 17.9. The molecule has 2 aromatic rings. The molecule has 0 aliphatic carbocycles. The van der Waals surface area contributed by atoms with Gasteiger partial charge < -0.3 is 15.5 Å². The summed E-state index contributed by atoms with van der Waals surface area (Å²) in [5.74, 6) is 0.791. The molecule has 0 fully saturated rings. The van der Waals surface area contributed by atoms with Gasteiger partial charge >= 0.3 is 0 Å². The number of carbonyl (C=O) groups is 1. The summed E-state index contributed by atoms with van der Waals surface area (Å²) in [6.45, 7) is 1.47. The number of amides is 1. The Kier molecular flexibility index (Phi) is 9.72. The van der Waals surface area contributed by atoms with Gasteiger partial charge in [0.2, 0.25) is 0 Å². The van der Waals surface area contributed by atoms with E-state index in [-0.39, 0.29) is 29.9 Å². The molecule has 140 valence electrons. The highest BCUT2D eigenvalue weighted by Crippen LogP contribution is 2.07. The van der Waals surface area contributed by atoms with E-state index in [1.807, 2.05) is 42.5 Å². The molecule has 0 heterocycles. The molecule has 0 saturated carbocycles. The third-order valence-corrected chi connectivity index (χ3v) is 3.81. The molecule has 0 aliphatic heterocycles. The van der Waals surface area contributed by atoms with E-state index in [1.54, 1.807) is 26.0 Å². The minimum absolute atomic E-state index is 0. The summed E-state index contributed by atoms with van der Waals surface area (Å²) in [6.07, 6.45) is 0.820. The van der Waals surface area contributed by atoms with Gasteiger partial charge in [-0.05, 0) is 29.7 Å². The first-order chi connectivity index (χ1) is 12.1. The Bertz CT molecular complexity index is 717. The minimum atomic E-state index is 0. The van der Waals surface area contributed by atoms with Gasteiger partial charge in [0, 0.05) is 39.8 Å². The van der Waals surface area contributed by atoms with Crippen LogP contribution in [-0.2, 0) is 13.0 Å². The third kappa shape index (κ3) is 7.03. The van der Waals surface area contributed by atoms with Crippen LogP contribution < -0.4 is 10.6 Å². The second-order valence-corrected chi connectivity index (χ2v) is 5.99. The molecule has 6 heteroatoms. The smallest absolute Gasteiger partial charge is 0.253 e. The van der Waals surface area contributed by atoms with Crippen molar-refractivity contribution in [3.8, 4) is 0 Å². The average molecular weight is 466 g/mol. The molecule has 2 aromatic carbocycles. The largest absolute Gasteiger partial charge is 0.356 e. The van der Waals surface area contributed by atoms with Crippen LogP contribution in [0.15, 0.2) is 59.6 Å². The van der Waals surface area contributed by atoms with Gasteiger partial charge in [-0.25, -0.2) is 0 Å². The number of halogens is 1. The number of hydrogen-bond donors (Lipinski definition) is 2. The SMILES string of the molecule is CN=C(NCCc1cccc(C(=O)N(C)C)c1)NCc1ccccc1.I. The normalized spacial score (nSPS) is 10.7. The second kappa shape index (κ2) is 11.5. The number of carbonyl (C=O) groups excluding carboxylic acids is 1. The topological polar surface area (TPSA) is 56.7 Å². The molecule has 0 radical (unpaired) electrons. The Morgan fingerprint density at radius 1 is 1.00 bits per heavy atom. The van der Waals surface area contributed by atoms with E-state index in [0.717, 1.165) is 31.0 Å². The molecule has 0 bridgehead atoms. The van der Waals surface area contributed by atoms with Crippen LogP contribution in [0.1, 0.15) is 21.5 Å². The molecule has 2 N–H and O–H groups in total. The van der Waals surface area contributed by atoms with Crippen LogP contribution in [0.2, 0.25) is 0 Å². The zero-order valence-electron chi connectivity index (χ0n) is 15.5. The standard InChI is InChI=1S/C20H26N4O.HI/c1-21-20(23-15-17-8-5-4-6-9-17)22-13-12-16-10-7-11-18(14-16)19(25)24(2)3;/h4-11,14H,12-13,15H2,1-3H3,(H2,21,22,23);1H. The van der Waals surface area contributed by atoms with E-state index in [1.165, 1.54) is 5.56 Å². The highest BCUT2D eigenvalue weighted by atomic mass is 127. The van der Waals surface area contributed by atoms with E-state index >= 15 is 0 Å². The first-order valence-electron chi connectivity index (χ1n) is 8.39. The van der Waals surface area contributed by atoms with Gasteiger partial charge in [-0.2, -0.15) is 0 Å². The Labute approximate surface area is 172 Å². The Balaban J connectivity index is 0.00000338. The zero-order chi connectivity index (χ0) is 18.1. The monoisotopic (exact) mass is 466 g/mol. The van der Waals surface area contributed by atoms with Crippen LogP contribution in [0.25, 0.3) is 0 Å². The molecule has 0 unspecified atom stereocenters. The van der Waals surface area contributed by atoms with E-state index in [9.17, 15) is 4.79 Å². The second-order valence-electron chi connectivity index (χ2n) is 5.99. The summed E-state index contributed by atoms with van der Waals surface area (Å²) >= 11 is 0. The molecule has 0 aliphatic rings. The van der Waals surface area contributed by atoms with E-state index in [4.69, 9.17) is 0 Å². The number of rotatable bonds is 6. The zero-order valence-corrected chi connectivity index (χ0v) is 17.9. The first kappa shape index (κ1) is 22.0. The maximum atomic E-state index is 12.0. The van der Waals surface area contributed by atoms with Gasteiger partial charge in [0.05, 0.1) is 0 Å². The quantitative estimate of drug-likeness (QED) is 0.391. The van der Waals surface area contributed by atoms with Crippen molar-refractivity contribution in [1.82, 2.24) is 15.5 Å². The van der Waals surface area contributed by atoms with Crippen LogP contribution in [0, 0.1) is 0 Å². The minimum Gasteiger partial charge on any atom is -0.356 e. The average Bonchev–Trinajstić information content (AvgIpc) is 2.64. The van der Waals surface area contributed by atoms with Gasteiger partial charge in [0.1, 0.15) is 0 Å². The van der Waals surface area contributed by atoms with Crippen molar-refractivity contribution in [2.45, 2.75) is 13.0 Å². The van der Waals surface area contributed by atoms with Gasteiger partial charge in [0.15, 0.2) is 5.96 Å². The van der Waals surface area contributed by atoms with Crippen molar-refractivity contribution in [2.75, 3.05) is 27.7 Å². The number of hydrogen-bond acceptors (Lipinski definition) is 2. The number of nitrogens with zero attached hydrogens (tertiary/aromatic N) is 2. The van der Waals surface area contributed by atoms with Crippen LogP contribution in [-0.4, -0.2) is 44.5 Å². The predicted molar refractivity (Wildman–Crippen MR) is 118 cm³/mol. The summed E-state index contributed by atoms with van der Waals surface area (Å²) in [7, 11) is 5.29. The molecular weight excluding hydrogens is 439 g/mol. The fraction of sp³-hybridized carbons (Fsp3) is 0.300. The van der Waals surface area contributed by atoms with Gasteiger partial charge in [0.25, 0.3) is 5.91 Å². The fourth-order valence-corrected chi connectivity index (χ4v) is 2.45. The summed E-state index contributed by atoms with van der Waals surface area (Å²) in [5, 5.41) is 6.60. The lowest BCUT2D eigenvalue weighted by Gasteiger charge is -2.13. The summed E-state index contributed by atoms with van der Waals surface area (Å²) in [5.41, 5.74) is 3.05. The van der Waals surface area contributed by atoms with Gasteiger partial charge in [-0.1, -0.05) is 42.5 Å². The molecule has 2 rings (SSSR count). The van der Waals surface area contributed by atoms with E-state index in [2.05, 4.69) is 27.8 Å². The third-order valence-electron chi connectivity index (χ3n) is 3.81. The van der Waals surface area contributed by atoms with Crippen LogP contribution in [0.5, 0.6) is 0 Å². The number of benzene rings is 2. The van der Waals surface area contributed by atoms with Crippen molar-refractivity contribution < 1.29 is 4.79 Å². The van der Waals surface area contributed by atoms with E-state index < -0.39 is 0 Å². The number of aliphatic imine (C=N–C) groups is 1. The van der Waals surface area contributed by atoms with Crippen LogP contribution in [0.3, 0.4) is 0 Å². The fourth-order valence-electron chi connectivity index (χ4n) is 2.45. The molecule has 0 atom stereocenters. The van der Waals surface area contributed by atoms with Crippen LogP contribution in [0.4, 0.5) is 0 Å². The van der Waals surface area contributed by atoms with E-state index in [0.29, 0.717) is 5.56 Å². The number of guanidine groups is 1. The van der Waals surface area contributed by atoms with Crippen molar-refractivity contribution in [1.29, 1.82) is 0 Å². The molecule has 26 heavy (non-hydrogen) atoms. The first-order valence-corrected chi connectivity index (χ1v) is 8.39. The Morgan fingerprint density at radius 2 is 1.69 bits per heavy atom. The predicted octanol–water partition coefficient (Wildman–Crippen LogP) is 2.91. The van der Waals surface area contributed by atoms with Crippen LogP contribution >= 0.6 is 24.0 Å². The molecular formula is C20H27IN4O. The Hall–Kier alpha value is -2.09. The number of nitrogens with one attached hydrogen (secondary N) is 2. The molecule has 0 saturated heterocycles. The Morgan fingerprint density at radius 3 is 2.35 bits per heavy atom. The lowest BCUT2D eigenvalue weighted by atomic mass is 10.1. The molecule has 1 amide bonds. The van der Waals surface area contributed by atoms with Crippen molar-refractivity contribution in [3.05, 3.63) is 71.3 Å². The van der Waals surface area contributed by atoms with Crippen molar-refractivity contribution in [3.63, 3.8) is 0 Å². The van der Waals surface area contributed by atoms with Crippen molar-refractivity contribution >= 4 is 35.8 Å². The van der Waals surface area contributed by atoms with Crippen molar-refractivity contribution in [2.24, 2.45) is 4.99 Å². The lowest BCUT2D eigenvalue weighted by molar-refractivity contribution is 0.0827. The summed E-state index contributed by atoms with van der Waals surface area (Å²) < 4.78 is 0. The molecule has 0 spiro atoms. The van der Waals surface area contributed by atoms with Gasteiger partial charge in [-0.15, -0.1) is 24.0 Å². The van der Waals surface area contributed by atoms with Gasteiger partial charge in [-0.3, -0.25) is 9.79 Å². The summed E-state index contributed by atoms with van der Waals surface area (Å²) in [6, 6.07) is 18.0. The lowest BCUT2D eigenvalue weighted by Crippen LogP contribution is -2.37.